The molecule has 0 aromatic carbocycles. The zero-order valence-electron chi connectivity index (χ0n) is 14.6. The van der Waals surface area contributed by atoms with Crippen LogP contribution in [0.2, 0.25) is 0 Å². The van der Waals surface area contributed by atoms with Crippen molar-refractivity contribution >= 4 is 5.97 Å². The summed E-state index contributed by atoms with van der Waals surface area (Å²) in [5.41, 5.74) is -1.59. The molecule has 0 N–H and O–H groups in total. The molecule has 1 aromatic heterocycles. The van der Waals surface area contributed by atoms with Crippen molar-refractivity contribution in [2.45, 2.75) is 53.5 Å². The summed E-state index contributed by atoms with van der Waals surface area (Å²) in [7, 11) is 0. The summed E-state index contributed by atoms with van der Waals surface area (Å²) >= 11 is 0. The molecule has 6 nitrogen and oxygen atoms in total. The van der Waals surface area contributed by atoms with Crippen LogP contribution in [-0.2, 0) is 16.1 Å². The highest BCUT2D eigenvalue weighted by Crippen LogP contribution is 2.32. The lowest BCUT2D eigenvalue weighted by molar-refractivity contribution is -0.144. The predicted molar refractivity (Wildman–Crippen MR) is 84.5 cm³/mol. The van der Waals surface area contributed by atoms with Crippen LogP contribution in [0.5, 0.6) is 5.75 Å². The van der Waals surface area contributed by atoms with Gasteiger partial charge in [-0.1, -0.05) is 27.7 Å². The fourth-order valence-electron chi connectivity index (χ4n) is 2.00. The molecule has 0 radical (unpaired) electrons. The number of hydrogen-bond donors (Lipinski definition) is 0. The first-order valence-corrected chi connectivity index (χ1v) is 7.90. The summed E-state index contributed by atoms with van der Waals surface area (Å²) < 4.78 is 37.9. The predicted octanol–water partition coefficient (Wildman–Crippen LogP) is 2.90. The Labute approximate surface area is 139 Å². The van der Waals surface area contributed by atoms with Gasteiger partial charge in [0, 0.05) is 5.92 Å². The van der Waals surface area contributed by atoms with Gasteiger partial charge in [-0.05, 0) is 12.8 Å². The molecule has 0 fully saturated rings. The zero-order valence-corrected chi connectivity index (χ0v) is 14.6. The Morgan fingerprint density at radius 1 is 1.25 bits per heavy atom. The van der Waals surface area contributed by atoms with E-state index in [0.717, 1.165) is 4.68 Å². The average Bonchev–Trinajstić information content (AvgIpc) is 2.46. The maximum Gasteiger partial charge on any atom is 0.327 e. The van der Waals surface area contributed by atoms with Crippen LogP contribution < -0.4 is 10.3 Å². The number of esters is 1. The van der Waals surface area contributed by atoms with Crippen molar-refractivity contribution in [2.24, 2.45) is 5.92 Å². The third-order valence-corrected chi connectivity index (χ3v) is 3.08. The van der Waals surface area contributed by atoms with E-state index in [1.165, 1.54) is 0 Å². The Morgan fingerprint density at radius 2 is 1.88 bits per heavy atom. The van der Waals surface area contributed by atoms with Crippen LogP contribution in [0.25, 0.3) is 0 Å². The highest BCUT2D eigenvalue weighted by molar-refractivity contribution is 5.69. The fraction of sp³-hybridized carbons (Fsp3) is 0.688. The van der Waals surface area contributed by atoms with Gasteiger partial charge in [0.25, 0.3) is 12.0 Å². The monoisotopic (exact) mass is 346 g/mol. The number of carbonyl (C=O) groups excluding carboxylic acids is 1. The van der Waals surface area contributed by atoms with Gasteiger partial charge >= 0.3 is 5.97 Å². The number of hydrogen-bond acceptors (Lipinski definition) is 5. The minimum Gasteiger partial charge on any atom is -0.491 e. The first-order chi connectivity index (χ1) is 11.2. The molecule has 8 heteroatoms. The molecule has 0 spiro atoms. The van der Waals surface area contributed by atoms with E-state index < -0.39 is 30.1 Å². The van der Waals surface area contributed by atoms with Crippen molar-refractivity contribution in [3.8, 4) is 5.75 Å². The Bertz CT molecular complexity index is 627. The van der Waals surface area contributed by atoms with Crippen LogP contribution >= 0.6 is 0 Å². The molecule has 0 saturated carbocycles. The average molecular weight is 346 g/mol. The lowest BCUT2D eigenvalue weighted by atomic mass is 10.1. The first-order valence-electron chi connectivity index (χ1n) is 7.90. The quantitative estimate of drug-likeness (QED) is 0.677. The number of ether oxygens (including phenoxy) is 2. The summed E-state index contributed by atoms with van der Waals surface area (Å²) in [6.07, 6.45) is -3.03. The van der Waals surface area contributed by atoms with Crippen molar-refractivity contribution in [3.05, 3.63) is 21.6 Å². The summed E-state index contributed by atoms with van der Waals surface area (Å²) in [4.78, 5) is 23.9. The van der Waals surface area contributed by atoms with E-state index in [0.29, 0.717) is 0 Å². The molecular weight excluding hydrogens is 322 g/mol. The van der Waals surface area contributed by atoms with Crippen LogP contribution in [0.1, 0.15) is 58.2 Å². The number of halogens is 2. The standard InChI is InChI=1S/C16H24F2N2O4/c1-6-23-11(21)7-20-16(22)12(15(17)18)14(24-8-9(2)3)13(19-20)10(4)5/h9-10,15H,6-8H2,1-5H3. The van der Waals surface area contributed by atoms with Gasteiger partial charge in [-0.3, -0.25) is 9.59 Å². The molecule has 0 aliphatic rings. The molecule has 24 heavy (non-hydrogen) atoms. The highest BCUT2D eigenvalue weighted by Gasteiger charge is 2.27. The lowest BCUT2D eigenvalue weighted by Gasteiger charge is -2.19. The summed E-state index contributed by atoms with van der Waals surface area (Å²) in [6.45, 7) is 8.64. The highest BCUT2D eigenvalue weighted by atomic mass is 19.3. The molecule has 0 atom stereocenters. The maximum absolute atomic E-state index is 13.5. The summed E-state index contributed by atoms with van der Waals surface area (Å²) in [5, 5.41) is 4.06. The Kier molecular flexibility index (Phi) is 7.31. The van der Waals surface area contributed by atoms with E-state index >= 15 is 0 Å². The minimum atomic E-state index is -3.03. The number of alkyl halides is 2. The second-order valence-corrected chi connectivity index (χ2v) is 6.06. The fourth-order valence-corrected chi connectivity index (χ4v) is 2.00. The van der Waals surface area contributed by atoms with Crippen molar-refractivity contribution in [2.75, 3.05) is 13.2 Å². The van der Waals surface area contributed by atoms with Crippen molar-refractivity contribution in [1.82, 2.24) is 9.78 Å². The molecule has 1 heterocycles. The van der Waals surface area contributed by atoms with Gasteiger partial charge in [-0.15, -0.1) is 0 Å². The Hall–Kier alpha value is -1.99. The van der Waals surface area contributed by atoms with Crippen LogP contribution in [0.15, 0.2) is 4.79 Å². The second-order valence-electron chi connectivity index (χ2n) is 6.06. The molecule has 0 amide bonds. The van der Waals surface area contributed by atoms with Gasteiger partial charge in [0.05, 0.1) is 13.2 Å². The molecule has 0 bridgehead atoms. The van der Waals surface area contributed by atoms with Gasteiger partial charge in [-0.25, -0.2) is 13.5 Å². The first kappa shape index (κ1) is 20.1. The molecule has 136 valence electrons. The van der Waals surface area contributed by atoms with E-state index in [1.54, 1.807) is 20.8 Å². The van der Waals surface area contributed by atoms with Crippen LogP contribution in [0, 0.1) is 5.92 Å². The number of aromatic nitrogens is 2. The van der Waals surface area contributed by atoms with Gasteiger partial charge < -0.3 is 9.47 Å². The SMILES string of the molecule is CCOC(=O)Cn1nc(C(C)C)c(OCC(C)C)c(C(F)F)c1=O. The molecule has 0 aliphatic carbocycles. The Balaban J connectivity index is 3.45. The molecule has 1 rings (SSSR count). The van der Waals surface area contributed by atoms with Crippen LogP contribution in [-0.4, -0.2) is 29.0 Å². The van der Waals surface area contributed by atoms with E-state index in [-0.39, 0.29) is 36.5 Å². The van der Waals surface area contributed by atoms with E-state index in [1.807, 2.05) is 13.8 Å². The van der Waals surface area contributed by atoms with Crippen molar-refractivity contribution < 1.29 is 23.0 Å². The van der Waals surface area contributed by atoms with Crippen molar-refractivity contribution in [3.63, 3.8) is 0 Å². The van der Waals surface area contributed by atoms with E-state index in [9.17, 15) is 18.4 Å². The van der Waals surface area contributed by atoms with Gasteiger partial charge in [-0.2, -0.15) is 5.10 Å². The van der Waals surface area contributed by atoms with Gasteiger partial charge in [0.1, 0.15) is 17.8 Å². The second kappa shape index (κ2) is 8.75. The van der Waals surface area contributed by atoms with Crippen LogP contribution in [0.3, 0.4) is 0 Å². The van der Waals surface area contributed by atoms with E-state index in [4.69, 9.17) is 9.47 Å². The third kappa shape index (κ3) is 5.01. The van der Waals surface area contributed by atoms with E-state index in [2.05, 4.69) is 5.10 Å². The molecular formula is C16H24F2N2O4. The summed E-state index contributed by atoms with van der Waals surface area (Å²) in [6, 6.07) is 0. The zero-order chi connectivity index (χ0) is 18.4. The van der Waals surface area contributed by atoms with Gasteiger partial charge in [0.15, 0.2) is 5.75 Å². The number of nitrogens with zero attached hydrogens (tertiary/aromatic N) is 2. The third-order valence-electron chi connectivity index (χ3n) is 3.08. The smallest absolute Gasteiger partial charge is 0.327 e. The van der Waals surface area contributed by atoms with Crippen molar-refractivity contribution in [1.29, 1.82) is 0 Å². The minimum absolute atomic E-state index is 0.0949. The maximum atomic E-state index is 13.5. The Morgan fingerprint density at radius 3 is 2.33 bits per heavy atom. The van der Waals surface area contributed by atoms with Gasteiger partial charge in [0.2, 0.25) is 0 Å². The largest absolute Gasteiger partial charge is 0.491 e. The molecule has 0 saturated heterocycles. The number of rotatable bonds is 8. The summed E-state index contributed by atoms with van der Waals surface area (Å²) in [5.74, 6) is -1.06. The molecule has 0 unspecified atom stereocenters. The molecule has 0 aliphatic heterocycles. The normalized spacial score (nSPS) is 11.4. The molecule has 1 aromatic rings. The number of carbonyl (C=O) groups is 1. The van der Waals surface area contributed by atoms with Crippen LogP contribution in [0.4, 0.5) is 8.78 Å². The topological polar surface area (TPSA) is 70.4 Å². The lowest BCUT2D eigenvalue weighted by Crippen LogP contribution is -2.32.